The summed E-state index contributed by atoms with van der Waals surface area (Å²) >= 11 is 0. The first-order valence-electron chi connectivity index (χ1n) is 8.17. The fourth-order valence-electron chi connectivity index (χ4n) is 3.24. The molecule has 0 amide bonds. The maximum absolute atomic E-state index is 13.3. The van der Waals surface area contributed by atoms with Crippen molar-refractivity contribution in [3.05, 3.63) is 17.7 Å². The highest BCUT2D eigenvalue weighted by Gasteiger charge is 2.33. The molecule has 0 aliphatic carbocycles. The molecule has 0 atom stereocenters. The first-order valence-corrected chi connectivity index (χ1v) is 9.61. The Labute approximate surface area is 137 Å². The number of hydrogen-bond donors (Lipinski definition) is 1. The average molecular weight is 340 g/mol. The van der Waals surface area contributed by atoms with E-state index in [4.69, 9.17) is 9.47 Å². The third kappa shape index (κ3) is 3.18. The first-order chi connectivity index (χ1) is 11.0. The molecule has 6 nitrogen and oxygen atoms in total. The van der Waals surface area contributed by atoms with Crippen LogP contribution < -0.4 is 14.8 Å². The Morgan fingerprint density at radius 3 is 2.52 bits per heavy atom. The van der Waals surface area contributed by atoms with Crippen molar-refractivity contribution in [3.8, 4) is 11.5 Å². The lowest BCUT2D eigenvalue weighted by molar-refractivity contribution is 0.174. The second-order valence-corrected chi connectivity index (χ2v) is 7.93. The predicted octanol–water partition coefficient (Wildman–Crippen LogP) is 1.88. The van der Waals surface area contributed by atoms with Gasteiger partial charge in [0.25, 0.3) is 0 Å². The van der Waals surface area contributed by atoms with E-state index < -0.39 is 10.0 Å². The van der Waals surface area contributed by atoms with E-state index in [1.54, 1.807) is 23.4 Å². The summed E-state index contributed by atoms with van der Waals surface area (Å²) in [4.78, 5) is 0.328. The zero-order chi connectivity index (χ0) is 16.4. The van der Waals surface area contributed by atoms with Gasteiger partial charge in [-0.1, -0.05) is 6.92 Å². The Balaban J connectivity index is 1.97. The number of nitrogens with one attached hydrogen (secondary N) is 1. The van der Waals surface area contributed by atoms with Crippen LogP contribution in [0.25, 0.3) is 0 Å². The van der Waals surface area contributed by atoms with Crippen molar-refractivity contribution >= 4 is 10.0 Å². The Morgan fingerprint density at radius 2 is 1.87 bits per heavy atom. The quantitative estimate of drug-likeness (QED) is 0.886. The summed E-state index contributed by atoms with van der Waals surface area (Å²) < 4.78 is 38.9. The Kier molecular flexibility index (Phi) is 4.79. The largest absolute Gasteiger partial charge is 0.454 e. The second kappa shape index (κ2) is 6.67. The molecule has 3 rings (SSSR count). The van der Waals surface area contributed by atoms with E-state index >= 15 is 0 Å². The molecule has 1 fully saturated rings. The van der Waals surface area contributed by atoms with Crippen LogP contribution in [0.5, 0.6) is 11.5 Å². The molecule has 23 heavy (non-hydrogen) atoms. The maximum atomic E-state index is 13.3. The molecular formula is C16H24N2O4S. The molecule has 0 aromatic heterocycles. The molecule has 0 bridgehead atoms. The normalized spacial score (nSPS) is 18.6. The van der Waals surface area contributed by atoms with Crippen molar-refractivity contribution in [3.63, 3.8) is 0 Å². The van der Waals surface area contributed by atoms with E-state index in [-0.39, 0.29) is 12.8 Å². The van der Waals surface area contributed by atoms with E-state index in [1.807, 2.05) is 6.92 Å². The third-order valence-electron chi connectivity index (χ3n) is 4.42. The smallest absolute Gasteiger partial charge is 0.243 e. The van der Waals surface area contributed by atoms with Crippen LogP contribution in [0.15, 0.2) is 17.0 Å². The number of benzene rings is 1. The highest BCUT2D eigenvalue weighted by atomic mass is 32.2. The molecule has 1 N–H and O–H groups in total. The monoisotopic (exact) mass is 340 g/mol. The van der Waals surface area contributed by atoms with Crippen LogP contribution in [0.1, 0.15) is 31.7 Å². The second-order valence-electron chi connectivity index (χ2n) is 6.07. The van der Waals surface area contributed by atoms with E-state index in [9.17, 15) is 8.42 Å². The van der Waals surface area contributed by atoms with Gasteiger partial charge in [0.2, 0.25) is 16.8 Å². The number of rotatable bonds is 5. The zero-order valence-electron chi connectivity index (χ0n) is 13.7. The zero-order valence-corrected chi connectivity index (χ0v) is 14.5. The Hall–Kier alpha value is -1.31. The number of fused-ring (bicyclic) bond motifs is 1. The minimum atomic E-state index is -3.55. The molecule has 0 saturated carbocycles. The van der Waals surface area contributed by atoms with Crippen molar-refractivity contribution < 1.29 is 17.9 Å². The Morgan fingerprint density at radius 1 is 1.22 bits per heavy atom. The van der Waals surface area contributed by atoms with E-state index in [1.165, 1.54) is 0 Å². The SMILES string of the molecule is CCCN(C1CCNCC1)S(=O)(=O)c1cc2c(cc1C)OCO2. The van der Waals surface area contributed by atoms with Gasteiger partial charge in [-0.2, -0.15) is 4.31 Å². The van der Waals surface area contributed by atoms with Gasteiger partial charge in [-0.05, 0) is 50.9 Å². The van der Waals surface area contributed by atoms with Crippen LogP contribution >= 0.6 is 0 Å². The molecule has 2 aliphatic heterocycles. The molecule has 128 valence electrons. The molecule has 0 unspecified atom stereocenters. The number of aryl methyl sites for hydroxylation is 1. The van der Waals surface area contributed by atoms with Gasteiger partial charge in [0.05, 0.1) is 4.90 Å². The molecule has 1 aromatic rings. The van der Waals surface area contributed by atoms with Crippen LogP contribution in [-0.2, 0) is 10.0 Å². The van der Waals surface area contributed by atoms with Crippen molar-refractivity contribution in [1.29, 1.82) is 0 Å². The number of piperidine rings is 1. The highest BCUT2D eigenvalue weighted by Crippen LogP contribution is 2.37. The molecule has 2 heterocycles. The maximum Gasteiger partial charge on any atom is 0.243 e. The van der Waals surface area contributed by atoms with Gasteiger partial charge in [-0.25, -0.2) is 8.42 Å². The summed E-state index contributed by atoms with van der Waals surface area (Å²) in [5.74, 6) is 1.13. The van der Waals surface area contributed by atoms with E-state index in [2.05, 4.69) is 5.32 Å². The number of hydrogen-bond acceptors (Lipinski definition) is 5. The molecule has 1 saturated heterocycles. The lowest BCUT2D eigenvalue weighted by Gasteiger charge is -2.34. The van der Waals surface area contributed by atoms with Crippen molar-refractivity contribution in [2.75, 3.05) is 26.4 Å². The molecule has 7 heteroatoms. The van der Waals surface area contributed by atoms with Crippen LogP contribution in [0.2, 0.25) is 0 Å². The molecule has 0 spiro atoms. The average Bonchev–Trinajstić information content (AvgIpc) is 2.99. The minimum Gasteiger partial charge on any atom is -0.454 e. The lowest BCUT2D eigenvalue weighted by Crippen LogP contribution is -2.46. The predicted molar refractivity (Wildman–Crippen MR) is 87.4 cm³/mol. The van der Waals surface area contributed by atoms with Gasteiger partial charge in [0.15, 0.2) is 11.5 Å². The van der Waals surface area contributed by atoms with Crippen LogP contribution in [-0.4, -0.2) is 45.2 Å². The lowest BCUT2D eigenvalue weighted by atomic mass is 10.1. The number of nitrogens with zero attached hydrogens (tertiary/aromatic N) is 1. The summed E-state index contributed by atoms with van der Waals surface area (Å²) in [7, 11) is -3.55. The molecular weight excluding hydrogens is 316 g/mol. The van der Waals surface area contributed by atoms with Crippen LogP contribution in [0, 0.1) is 6.92 Å². The summed E-state index contributed by atoms with van der Waals surface area (Å²) in [5, 5.41) is 3.29. The Bertz CT molecular complexity index is 669. The highest BCUT2D eigenvalue weighted by molar-refractivity contribution is 7.89. The minimum absolute atomic E-state index is 0.0611. The van der Waals surface area contributed by atoms with Crippen molar-refractivity contribution in [1.82, 2.24) is 9.62 Å². The van der Waals surface area contributed by atoms with Gasteiger partial charge >= 0.3 is 0 Å². The van der Waals surface area contributed by atoms with E-state index in [0.29, 0.717) is 28.5 Å². The standard InChI is InChI=1S/C16H24N2O4S/c1-3-8-18(13-4-6-17-7-5-13)23(19,20)16-10-15-14(9-12(16)2)21-11-22-15/h9-10,13,17H,3-8,11H2,1-2H3. The third-order valence-corrected chi connectivity index (χ3v) is 6.51. The summed E-state index contributed by atoms with van der Waals surface area (Å²) in [6, 6.07) is 3.42. The summed E-state index contributed by atoms with van der Waals surface area (Å²) in [6.07, 6.45) is 2.50. The molecule has 1 aromatic carbocycles. The fraction of sp³-hybridized carbons (Fsp3) is 0.625. The van der Waals surface area contributed by atoms with Gasteiger partial charge in [0.1, 0.15) is 0 Å². The van der Waals surface area contributed by atoms with Gasteiger partial charge in [-0.15, -0.1) is 0 Å². The number of sulfonamides is 1. The summed E-state index contributed by atoms with van der Waals surface area (Å²) in [5.41, 5.74) is 0.698. The van der Waals surface area contributed by atoms with Crippen molar-refractivity contribution in [2.24, 2.45) is 0 Å². The molecule has 2 aliphatic rings. The van der Waals surface area contributed by atoms with Crippen LogP contribution in [0.3, 0.4) is 0 Å². The van der Waals surface area contributed by atoms with E-state index in [0.717, 1.165) is 32.4 Å². The van der Waals surface area contributed by atoms with Gasteiger partial charge in [-0.3, -0.25) is 0 Å². The van der Waals surface area contributed by atoms with Crippen molar-refractivity contribution in [2.45, 2.75) is 44.0 Å². The summed E-state index contributed by atoms with van der Waals surface area (Å²) in [6.45, 7) is 6.23. The topological polar surface area (TPSA) is 67.9 Å². The number of ether oxygens (including phenoxy) is 2. The first kappa shape index (κ1) is 16.5. The van der Waals surface area contributed by atoms with Gasteiger partial charge in [0, 0.05) is 18.7 Å². The van der Waals surface area contributed by atoms with Crippen LogP contribution in [0.4, 0.5) is 0 Å². The van der Waals surface area contributed by atoms with Gasteiger partial charge < -0.3 is 14.8 Å². The fourth-order valence-corrected chi connectivity index (χ4v) is 5.24. The molecule has 0 radical (unpaired) electrons.